The maximum Gasteiger partial charge on any atom is 0.357 e. The third-order valence-electron chi connectivity index (χ3n) is 3.69. The number of rotatable bonds is 6. The lowest BCUT2D eigenvalue weighted by Gasteiger charge is -2.11. The highest BCUT2D eigenvalue weighted by Crippen LogP contribution is 2.22. The molecule has 3 aromatic rings. The van der Waals surface area contributed by atoms with Gasteiger partial charge in [-0.2, -0.15) is 0 Å². The van der Waals surface area contributed by atoms with E-state index in [0.717, 1.165) is 12.1 Å². The Labute approximate surface area is 167 Å². The second kappa shape index (κ2) is 8.82. The minimum atomic E-state index is -0.856. The van der Waals surface area contributed by atoms with Crippen LogP contribution in [0.25, 0.3) is 5.69 Å². The van der Waals surface area contributed by atoms with Crippen molar-refractivity contribution in [3.05, 3.63) is 71.8 Å². The zero-order valence-corrected chi connectivity index (χ0v) is 15.8. The summed E-state index contributed by atoms with van der Waals surface area (Å²) in [5, 5.41) is 2.70. The van der Waals surface area contributed by atoms with E-state index in [9.17, 15) is 22.8 Å². The molecule has 0 fully saturated rings. The van der Waals surface area contributed by atoms with Crippen molar-refractivity contribution in [3.63, 3.8) is 0 Å². The smallest absolute Gasteiger partial charge is 0.357 e. The van der Waals surface area contributed by atoms with Crippen molar-refractivity contribution in [1.29, 1.82) is 0 Å². The van der Waals surface area contributed by atoms with Gasteiger partial charge >= 0.3 is 5.97 Å². The number of anilines is 1. The molecule has 1 heterocycles. The average molecular weight is 421 g/mol. The fraction of sp³-hybridized carbons (Fsp3) is 0.105. The summed E-state index contributed by atoms with van der Waals surface area (Å²) >= 11 is 1.26. The molecule has 1 aromatic heterocycles. The van der Waals surface area contributed by atoms with Crippen molar-refractivity contribution in [1.82, 2.24) is 9.55 Å². The summed E-state index contributed by atoms with van der Waals surface area (Å²) in [6, 6.07) is 7.93. The summed E-state index contributed by atoms with van der Waals surface area (Å²) < 4.78 is 46.0. The molecule has 1 amide bonds. The number of carbonyl (C=O) groups is 2. The number of nitrogens with zero attached hydrogens (tertiary/aromatic N) is 2. The van der Waals surface area contributed by atoms with Gasteiger partial charge in [0, 0.05) is 17.4 Å². The zero-order valence-electron chi connectivity index (χ0n) is 15.0. The first-order valence-corrected chi connectivity index (χ1v) is 9.40. The topological polar surface area (TPSA) is 73.2 Å². The van der Waals surface area contributed by atoms with Gasteiger partial charge in [0.15, 0.2) is 17.5 Å². The van der Waals surface area contributed by atoms with Gasteiger partial charge in [0.05, 0.1) is 6.20 Å². The maximum atomic E-state index is 13.2. The second-order valence-corrected chi connectivity index (χ2v) is 6.50. The number of imidazole rings is 1. The van der Waals surface area contributed by atoms with Crippen LogP contribution in [0.2, 0.25) is 0 Å². The minimum Gasteiger partial charge on any atom is -0.451 e. The first-order chi connectivity index (χ1) is 13.9. The van der Waals surface area contributed by atoms with Gasteiger partial charge in [0.2, 0.25) is 0 Å². The summed E-state index contributed by atoms with van der Waals surface area (Å²) in [4.78, 5) is 28.5. The van der Waals surface area contributed by atoms with Crippen LogP contribution in [0.15, 0.2) is 53.8 Å². The Morgan fingerprint density at radius 1 is 1.07 bits per heavy atom. The monoisotopic (exact) mass is 421 g/mol. The second-order valence-electron chi connectivity index (χ2n) is 5.72. The van der Waals surface area contributed by atoms with Gasteiger partial charge in [-0.3, -0.25) is 9.36 Å². The standard InChI is InChI=1S/C19H14F3N3O3S/c1-29-19-23-9-16(25(19)15-4-2-11(20)3-5-15)18(27)28-10-17(26)24-14-7-12(21)6-13(22)8-14/h2-9H,10H2,1H3,(H,24,26). The molecule has 0 unspecified atom stereocenters. The lowest BCUT2D eigenvalue weighted by Crippen LogP contribution is -2.22. The molecule has 0 aliphatic heterocycles. The summed E-state index contributed by atoms with van der Waals surface area (Å²) in [6.07, 6.45) is 3.03. The Morgan fingerprint density at radius 3 is 2.34 bits per heavy atom. The van der Waals surface area contributed by atoms with Gasteiger partial charge in [-0.05, 0) is 42.7 Å². The van der Waals surface area contributed by atoms with Gasteiger partial charge in [0.1, 0.15) is 17.5 Å². The van der Waals surface area contributed by atoms with Gasteiger partial charge in [-0.25, -0.2) is 22.9 Å². The predicted octanol–water partition coefficient (Wildman–Crippen LogP) is 3.81. The Bertz CT molecular complexity index is 1030. The van der Waals surface area contributed by atoms with E-state index in [2.05, 4.69) is 10.3 Å². The number of ether oxygens (including phenoxy) is 1. The molecule has 3 rings (SSSR count). The average Bonchev–Trinajstić information content (AvgIpc) is 3.10. The van der Waals surface area contributed by atoms with E-state index in [1.165, 1.54) is 46.8 Å². The fourth-order valence-electron chi connectivity index (χ4n) is 2.49. The van der Waals surface area contributed by atoms with Gasteiger partial charge < -0.3 is 10.1 Å². The number of aromatic nitrogens is 2. The highest BCUT2D eigenvalue weighted by Gasteiger charge is 2.20. The van der Waals surface area contributed by atoms with Crippen LogP contribution >= 0.6 is 11.8 Å². The van der Waals surface area contributed by atoms with Crippen LogP contribution in [0.3, 0.4) is 0 Å². The quantitative estimate of drug-likeness (QED) is 0.484. The van der Waals surface area contributed by atoms with E-state index in [-0.39, 0.29) is 11.4 Å². The lowest BCUT2D eigenvalue weighted by molar-refractivity contribution is -0.119. The molecule has 2 aromatic carbocycles. The van der Waals surface area contributed by atoms with Crippen molar-refractivity contribution >= 4 is 29.3 Å². The Hall–Kier alpha value is -3.27. The van der Waals surface area contributed by atoms with Crippen molar-refractivity contribution in [3.8, 4) is 5.69 Å². The van der Waals surface area contributed by atoms with Crippen LogP contribution in [0.1, 0.15) is 10.5 Å². The molecule has 150 valence electrons. The third kappa shape index (κ3) is 4.96. The number of hydrogen-bond acceptors (Lipinski definition) is 5. The highest BCUT2D eigenvalue weighted by molar-refractivity contribution is 7.98. The van der Waals surface area contributed by atoms with Crippen LogP contribution in [-0.4, -0.2) is 34.3 Å². The summed E-state index contributed by atoms with van der Waals surface area (Å²) in [7, 11) is 0. The van der Waals surface area contributed by atoms with Gasteiger partial charge in [0.25, 0.3) is 5.91 Å². The molecular weight excluding hydrogens is 407 g/mol. The Kier molecular flexibility index (Phi) is 6.23. The first kappa shape index (κ1) is 20.5. The molecule has 0 saturated heterocycles. The van der Waals surface area contributed by atoms with Crippen molar-refractivity contribution < 1.29 is 27.5 Å². The van der Waals surface area contributed by atoms with Crippen molar-refractivity contribution in [2.75, 3.05) is 18.2 Å². The van der Waals surface area contributed by atoms with Crippen LogP contribution in [-0.2, 0) is 9.53 Å². The van der Waals surface area contributed by atoms with E-state index < -0.39 is 35.9 Å². The maximum absolute atomic E-state index is 13.2. The normalized spacial score (nSPS) is 10.6. The molecule has 1 N–H and O–H groups in total. The number of halogens is 3. The molecule has 0 saturated carbocycles. The van der Waals surface area contributed by atoms with Crippen LogP contribution in [0.4, 0.5) is 18.9 Å². The Morgan fingerprint density at radius 2 is 1.72 bits per heavy atom. The van der Waals surface area contributed by atoms with Crippen molar-refractivity contribution in [2.24, 2.45) is 0 Å². The molecule has 0 aliphatic carbocycles. The SMILES string of the molecule is CSc1ncc(C(=O)OCC(=O)Nc2cc(F)cc(F)c2)n1-c1ccc(F)cc1. The van der Waals surface area contributed by atoms with E-state index >= 15 is 0 Å². The first-order valence-electron chi connectivity index (χ1n) is 8.18. The summed E-state index contributed by atoms with van der Waals surface area (Å²) in [5.41, 5.74) is 0.412. The van der Waals surface area contributed by atoms with E-state index in [1.54, 1.807) is 6.26 Å². The molecule has 0 spiro atoms. The molecule has 10 heteroatoms. The molecule has 0 aliphatic rings. The molecule has 6 nitrogen and oxygen atoms in total. The number of carbonyl (C=O) groups excluding carboxylic acids is 2. The predicted molar refractivity (Wildman–Crippen MR) is 101 cm³/mol. The number of amides is 1. The summed E-state index contributed by atoms with van der Waals surface area (Å²) in [5.74, 6) is -3.77. The van der Waals surface area contributed by atoms with Crippen LogP contribution < -0.4 is 5.32 Å². The molecule has 0 radical (unpaired) electrons. The highest BCUT2D eigenvalue weighted by atomic mass is 32.2. The zero-order chi connectivity index (χ0) is 21.0. The van der Waals surface area contributed by atoms with Gasteiger partial charge in [-0.15, -0.1) is 0 Å². The third-order valence-corrected chi connectivity index (χ3v) is 4.34. The largest absolute Gasteiger partial charge is 0.451 e. The minimum absolute atomic E-state index is 0.0329. The van der Waals surface area contributed by atoms with E-state index in [0.29, 0.717) is 16.9 Å². The Balaban J connectivity index is 1.71. The number of esters is 1. The number of hydrogen-bond donors (Lipinski definition) is 1. The van der Waals surface area contributed by atoms with E-state index in [4.69, 9.17) is 4.74 Å². The van der Waals surface area contributed by atoms with Crippen molar-refractivity contribution in [2.45, 2.75) is 5.16 Å². The van der Waals surface area contributed by atoms with E-state index in [1.807, 2.05) is 0 Å². The number of benzene rings is 2. The number of nitrogens with one attached hydrogen (secondary N) is 1. The lowest BCUT2D eigenvalue weighted by atomic mass is 10.3. The van der Waals surface area contributed by atoms with Crippen LogP contribution in [0.5, 0.6) is 0 Å². The molecule has 29 heavy (non-hydrogen) atoms. The summed E-state index contributed by atoms with van der Waals surface area (Å²) in [6.45, 7) is -0.680. The van der Waals surface area contributed by atoms with Gasteiger partial charge in [-0.1, -0.05) is 11.8 Å². The molecule has 0 atom stereocenters. The molecular formula is C19H14F3N3O3S. The fourth-order valence-corrected chi connectivity index (χ4v) is 3.04. The number of thioether (sulfide) groups is 1. The van der Waals surface area contributed by atoms with Crippen LogP contribution in [0, 0.1) is 17.5 Å². The molecule has 0 bridgehead atoms.